The number of carbonyl (C=O) groups is 1. The number of amides is 1. The molecule has 1 fully saturated rings. The van der Waals surface area contributed by atoms with Crippen LogP contribution in [0.1, 0.15) is 31.4 Å². The average molecular weight is 320 g/mol. The van der Waals surface area contributed by atoms with Crippen molar-refractivity contribution in [3.8, 4) is 0 Å². The fourth-order valence-electron chi connectivity index (χ4n) is 1.32. The SMILES string of the molecule is CC(OC(=O)NC1CC1)c1cnc(Cl)c(Br)c1. The number of aromatic nitrogens is 1. The number of rotatable bonds is 3. The molecule has 0 bridgehead atoms. The Labute approximate surface area is 113 Å². The van der Waals surface area contributed by atoms with Gasteiger partial charge >= 0.3 is 6.09 Å². The number of hydrogen-bond acceptors (Lipinski definition) is 3. The highest BCUT2D eigenvalue weighted by molar-refractivity contribution is 9.10. The molecule has 1 saturated carbocycles. The summed E-state index contributed by atoms with van der Waals surface area (Å²) in [6.45, 7) is 1.80. The Morgan fingerprint density at radius 3 is 3.00 bits per heavy atom. The van der Waals surface area contributed by atoms with Crippen molar-refractivity contribution in [3.05, 3.63) is 27.5 Å². The van der Waals surface area contributed by atoms with Gasteiger partial charge in [-0.1, -0.05) is 11.6 Å². The van der Waals surface area contributed by atoms with Crippen molar-refractivity contribution >= 4 is 33.6 Å². The summed E-state index contributed by atoms with van der Waals surface area (Å²) in [5.41, 5.74) is 0.798. The second kappa shape index (κ2) is 5.23. The normalized spacial score (nSPS) is 16.4. The number of nitrogens with one attached hydrogen (secondary N) is 1. The molecule has 92 valence electrons. The zero-order valence-electron chi connectivity index (χ0n) is 9.24. The molecule has 1 aliphatic carbocycles. The molecule has 0 saturated heterocycles. The van der Waals surface area contributed by atoms with Crippen molar-refractivity contribution in [2.24, 2.45) is 0 Å². The fraction of sp³-hybridized carbons (Fsp3) is 0.455. The number of hydrogen-bond donors (Lipinski definition) is 1. The van der Waals surface area contributed by atoms with Gasteiger partial charge in [-0.25, -0.2) is 9.78 Å². The molecule has 2 rings (SSSR count). The highest BCUT2D eigenvalue weighted by Crippen LogP contribution is 2.25. The summed E-state index contributed by atoms with van der Waals surface area (Å²) in [5, 5.41) is 3.15. The summed E-state index contributed by atoms with van der Waals surface area (Å²) in [6, 6.07) is 2.09. The lowest BCUT2D eigenvalue weighted by Gasteiger charge is -2.14. The molecule has 1 aromatic heterocycles. The van der Waals surface area contributed by atoms with Gasteiger partial charge in [-0.3, -0.25) is 0 Å². The van der Waals surface area contributed by atoms with Gasteiger partial charge in [-0.15, -0.1) is 0 Å². The van der Waals surface area contributed by atoms with Gasteiger partial charge in [0.05, 0.1) is 4.47 Å². The van der Waals surface area contributed by atoms with Crippen LogP contribution in [0, 0.1) is 0 Å². The van der Waals surface area contributed by atoms with E-state index >= 15 is 0 Å². The summed E-state index contributed by atoms with van der Waals surface area (Å²) >= 11 is 9.07. The first kappa shape index (κ1) is 12.6. The van der Waals surface area contributed by atoms with E-state index in [1.54, 1.807) is 19.2 Å². The van der Waals surface area contributed by atoms with Crippen LogP contribution < -0.4 is 5.32 Å². The zero-order chi connectivity index (χ0) is 12.4. The molecule has 0 radical (unpaired) electrons. The lowest BCUT2D eigenvalue weighted by Crippen LogP contribution is -2.27. The van der Waals surface area contributed by atoms with Gasteiger partial charge in [-0.2, -0.15) is 0 Å². The summed E-state index contributed by atoms with van der Waals surface area (Å²) < 4.78 is 5.92. The molecule has 17 heavy (non-hydrogen) atoms. The van der Waals surface area contributed by atoms with Crippen LogP contribution in [0.25, 0.3) is 0 Å². The van der Waals surface area contributed by atoms with Crippen LogP contribution in [-0.4, -0.2) is 17.1 Å². The van der Waals surface area contributed by atoms with E-state index in [9.17, 15) is 4.79 Å². The maximum absolute atomic E-state index is 11.4. The van der Waals surface area contributed by atoms with E-state index < -0.39 is 0 Å². The van der Waals surface area contributed by atoms with Gasteiger partial charge in [0.2, 0.25) is 0 Å². The van der Waals surface area contributed by atoms with E-state index in [2.05, 4.69) is 26.2 Å². The second-order valence-corrected chi connectivity index (χ2v) is 5.22. The largest absolute Gasteiger partial charge is 0.442 e. The van der Waals surface area contributed by atoms with Crippen LogP contribution in [0.5, 0.6) is 0 Å². The molecule has 1 unspecified atom stereocenters. The lowest BCUT2D eigenvalue weighted by molar-refractivity contribution is 0.106. The molecule has 0 spiro atoms. The Balaban J connectivity index is 1.95. The number of halogens is 2. The predicted molar refractivity (Wildman–Crippen MR) is 68.0 cm³/mol. The zero-order valence-corrected chi connectivity index (χ0v) is 11.6. The number of nitrogens with zero attached hydrogens (tertiary/aromatic N) is 1. The molecular weight excluding hydrogens is 307 g/mol. The highest BCUT2D eigenvalue weighted by Gasteiger charge is 2.25. The predicted octanol–water partition coefficient (Wildman–Crippen LogP) is 3.45. The summed E-state index contributed by atoms with van der Waals surface area (Å²) in [5.74, 6) is 0. The second-order valence-electron chi connectivity index (χ2n) is 4.01. The minimum atomic E-state index is -0.383. The van der Waals surface area contributed by atoms with Gasteiger partial charge in [0.25, 0.3) is 0 Å². The van der Waals surface area contributed by atoms with E-state index in [0.29, 0.717) is 15.7 Å². The third-order valence-electron chi connectivity index (χ3n) is 2.47. The van der Waals surface area contributed by atoms with E-state index in [1.165, 1.54) is 0 Å². The van der Waals surface area contributed by atoms with E-state index in [-0.39, 0.29) is 12.2 Å². The first-order valence-electron chi connectivity index (χ1n) is 5.34. The molecule has 1 heterocycles. The number of pyridine rings is 1. The molecule has 6 heteroatoms. The van der Waals surface area contributed by atoms with Crippen LogP contribution in [0.4, 0.5) is 4.79 Å². The van der Waals surface area contributed by atoms with E-state index in [1.807, 2.05) is 0 Å². The molecule has 1 atom stereocenters. The standard InChI is InChI=1S/C11H12BrClN2O2/c1-6(17-11(16)15-8-2-3-8)7-4-9(12)10(13)14-5-7/h4-6,8H,2-3H2,1H3,(H,15,16). The smallest absolute Gasteiger partial charge is 0.407 e. The van der Waals surface area contributed by atoms with Gasteiger partial charge in [0, 0.05) is 17.8 Å². The molecule has 1 amide bonds. The van der Waals surface area contributed by atoms with Crippen LogP contribution in [-0.2, 0) is 4.74 Å². The van der Waals surface area contributed by atoms with Crippen molar-refractivity contribution < 1.29 is 9.53 Å². The Morgan fingerprint density at radius 2 is 2.41 bits per heavy atom. The minimum Gasteiger partial charge on any atom is -0.442 e. The fourth-order valence-corrected chi connectivity index (χ4v) is 1.79. The monoisotopic (exact) mass is 318 g/mol. The third-order valence-corrected chi connectivity index (χ3v) is 3.60. The van der Waals surface area contributed by atoms with Gasteiger partial charge in [0.1, 0.15) is 11.3 Å². The van der Waals surface area contributed by atoms with Crippen LogP contribution in [0.15, 0.2) is 16.7 Å². The maximum Gasteiger partial charge on any atom is 0.407 e. The number of carbonyl (C=O) groups excluding carboxylic acids is 1. The Hall–Kier alpha value is -0.810. The van der Waals surface area contributed by atoms with Crippen LogP contribution in [0.2, 0.25) is 5.15 Å². The Kier molecular flexibility index (Phi) is 3.89. The van der Waals surface area contributed by atoms with Gasteiger partial charge in [0.15, 0.2) is 0 Å². The van der Waals surface area contributed by atoms with Crippen molar-refractivity contribution in [2.75, 3.05) is 0 Å². The molecule has 1 aliphatic rings. The minimum absolute atomic E-state index is 0.296. The van der Waals surface area contributed by atoms with Crippen molar-refractivity contribution in [1.82, 2.24) is 10.3 Å². The van der Waals surface area contributed by atoms with Crippen molar-refractivity contribution in [2.45, 2.75) is 31.9 Å². The number of ether oxygens (including phenoxy) is 1. The van der Waals surface area contributed by atoms with Crippen molar-refractivity contribution in [1.29, 1.82) is 0 Å². The Bertz CT molecular complexity index is 437. The maximum atomic E-state index is 11.4. The summed E-state index contributed by atoms with van der Waals surface area (Å²) in [7, 11) is 0. The summed E-state index contributed by atoms with van der Waals surface area (Å²) in [6.07, 6.45) is 2.94. The topological polar surface area (TPSA) is 51.2 Å². The molecule has 1 aromatic rings. The molecule has 1 N–H and O–H groups in total. The first-order valence-corrected chi connectivity index (χ1v) is 6.51. The number of alkyl carbamates (subject to hydrolysis) is 1. The quantitative estimate of drug-likeness (QED) is 0.868. The van der Waals surface area contributed by atoms with Gasteiger partial charge in [-0.05, 0) is 41.8 Å². The highest BCUT2D eigenvalue weighted by atomic mass is 79.9. The van der Waals surface area contributed by atoms with Gasteiger partial charge < -0.3 is 10.1 Å². The molecular formula is C11H12BrClN2O2. The Morgan fingerprint density at radius 1 is 1.71 bits per heavy atom. The van der Waals surface area contributed by atoms with E-state index in [0.717, 1.165) is 18.4 Å². The molecule has 0 aliphatic heterocycles. The molecule has 0 aromatic carbocycles. The van der Waals surface area contributed by atoms with Crippen LogP contribution in [0.3, 0.4) is 0 Å². The lowest BCUT2D eigenvalue weighted by atomic mass is 10.2. The van der Waals surface area contributed by atoms with E-state index in [4.69, 9.17) is 16.3 Å². The first-order chi connectivity index (χ1) is 8.06. The average Bonchev–Trinajstić information content (AvgIpc) is 3.05. The summed E-state index contributed by atoms with van der Waals surface area (Å²) in [4.78, 5) is 15.4. The van der Waals surface area contributed by atoms with Crippen LogP contribution >= 0.6 is 27.5 Å². The third kappa shape index (κ3) is 3.57. The molecule has 4 nitrogen and oxygen atoms in total. The van der Waals surface area contributed by atoms with Crippen molar-refractivity contribution in [3.63, 3.8) is 0 Å².